The lowest BCUT2D eigenvalue weighted by molar-refractivity contribution is 0.0910. The molecule has 0 aliphatic heterocycles. The standard InChI is InChI=1S/C12H15F2NO2/c1-3-8(6-16)15-12(17)9-4-7(2)10(13)5-11(9)14/h4-5,8,16H,3,6H2,1-2H3,(H,15,17)/t8-/m1/s1. The van der Waals surface area contributed by atoms with Crippen LogP contribution in [0.1, 0.15) is 29.3 Å². The molecule has 0 saturated carbocycles. The van der Waals surface area contributed by atoms with Gasteiger partial charge in [0.15, 0.2) is 0 Å². The van der Waals surface area contributed by atoms with Crippen molar-refractivity contribution in [1.29, 1.82) is 0 Å². The minimum atomic E-state index is -0.904. The van der Waals surface area contributed by atoms with Crippen LogP contribution in [0.3, 0.4) is 0 Å². The Morgan fingerprint density at radius 3 is 2.59 bits per heavy atom. The van der Waals surface area contributed by atoms with Crippen LogP contribution < -0.4 is 5.32 Å². The molecule has 1 aromatic carbocycles. The number of hydrogen-bond acceptors (Lipinski definition) is 2. The summed E-state index contributed by atoms with van der Waals surface area (Å²) in [5.74, 6) is -2.24. The molecule has 5 heteroatoms. The van der Waals surface area contributed by atoms with Crippen molar-refractivity contribution in [2.24, 2.45) is 0 Å². The van der Waals surface area contributed by atoms with E-state index in [0.717, 1.165) is 6.07 Å². The van der Waals surface area contributed by atoms with Gasteiger partial charge in [0, 0.05) is 6.07 Å². The van der Waals surface area contributed by atoms with Crippen molar-refractivity contribution in [2.45, 2.75) is 26.3 Å². The summed E-state index contributed by atoms with van der Waals surface area (Å²) in [5, 5.41) is 11.4. The number of aliphatic hydroxyl groups excluding tert-OH is 1. The van der Waals surface area contributed by atoms with Crippen molar-refractivity contribution >= 4 is 5.91 Å². The van der Waals surface area contributed by atoms with E-state index in [1.165, 1.54) is 6.92 Å². The van der Waals surface area contributed by atoms with Crippen LogP contribution in [0.5, 0.6) is 0 Å². The van der Waals surface area contributed by atoms with Gasteiger partial charge >= 0.3 is 0 Å². The van der Waals surface area contributed by atoms with Crippen LogP contribution in [0.2, 0.25) is 0 Å². The zero-order valence-corrected chi connectivity index (χ0v) is 9.76. The van der Waals surface area contributed by atoms with Crippen LogP contribution in [-0.4, -0.2) is 23.7 Å². The fourth-order valence-electron chi connectivity index (χ4n) is 1.37. The van der Waals surface area contributed by atoms with Crippen molar-refractivity contribution in [3.8, 4) is 0 Å². The van der Waals surface area contributed by atoms with Gasteiger partial charge in [0.1, 0.15) is 11.6 Å². The number of hydrogen-bond donors (Lipinski definition) is 2. The van der Waals surface area contributed by atoms with Gasteiger partial charge < -0.3 is 10.4 Å². The molecule has 0 unspecified atom stereocenters. The number of amides is 1. The fourth-order valence-corrected chi connectivity index (χ4v) is 1.37. The first-order valence-electron chi connectivity index (χ1n) is 5.37. The second-order valence-corrected chi connectivity index (χ2v) is 3.84. The summed E-state index contributed by atoms with van der Waals surface area (Å²) in [6.45, 7) is 3.02. The largest absolute Gasteiger partial charge is 0.394 e. The maximum atomic E-state index is 13.4. The number of carbonyl (C=O) groups is 1. The van der Waals surface area contributed by atoms with E-state index in [0.29, 0.717) is 12.5 Å². The fraction of sp³-hybridized carbons (Fsp3) is 0.417. The summed E-state index contributed by atoms with van der Waals surface area (Å²) in [6, 6.07) is 1.42. The number of carbonyl (C=O) groups excluding carboxylic acids is 1. The maximum Gasteiger partial charge on any atom is 0.254 e. The third-order valence-corrected chi connectivity index (χ3v) is 2.54. The Morgan fingerprint density at radius 1 is 1.41 bits per heavy atom. The average molecular weight is 243 g/mol. The summed E-state index contributed by atoms with van der Waals surface area (Å²) >= 11 is 0. The van der Waals surface area contributed by atoms with E-state index in [1.54, 1.807) is 6.92 Å². The highest BCUT2D eigenvalue weighted by Crippen LogP contribution is 2.14. The predicted octanol–water partition coefficient (Wildman–Crippen LogP) is 1.77. The van der Waals surface area contributed by atoms with Crippen LogP contribution in [-0.2, 0) is 0 Å². The molecule has 0 radical (unpaired) electrons. The molecule has 3 nitrogen and oxygen atoms in total. The molecular weight excluding hydrogens is 228 g/mol. The highest BCUT2D eigenvalue weighted by Gasteiger charge is 2.16. The van der Waals surface area contributed by atoms with E-state index in [4.69, 9.17) is 5.11 Å². The number of rotatable bonds is 4. The van der Waals surface area contributed by atoms with Crippen molar-refractivity contribution < 1.29 is 18.7 Å². The quantitative estimate of drug-likeness (QED) is 0.846. The van der Waals surface area contributed by atoms with Crippen LogP contribution in [0.25, 0.3) is 0 Å². The molecule has 1 atom stereocenters. The lowest BCUT2D eigenvalue weighted by Gasteiger charge is -2.14. The van der Waals surface area contributed by atoms with Gasteiger partial charge in [-0.2, -0.15) is 0 Å². The minimum absolute atomic E-state index is 0.202. The Balaban J connectivity index is 2.93. The monoisotopic (exact) mass is 243 g/mol. The summed E-state index contributed by atoms with van der Waals surface area (Å²) in [4.78, 5) is 11.7. The first kappa shape index (κ1) is 13.6. The van der Waals surface area contributed by atoms with E-state index in [1.807, 2.05) is 0 Å². The molecule has 1 rings (SSSR count). The lowest BCUT2D eigenvalue weighted by Crippen LogP contribution is -2.37. The lowest BCUT2D eigenvalue weighted by atomic mass is 10.1. The molecule has 2 N–H and O–H groups in total. The molecule has 0 aliphatic rings. The molecule has 1 amide bonds. The van der Waals surface area contributed by atoms with Crippen LogP contribution in [0.15, 0.2) is 12.1 Å². The van der Waals surface area contributed by atoms with E-state index in [-0.39, 0.29) is 17.7 Å². The molecule has 0 aliphatic carbocycles. The van der Waals surface area contributed by atoms with Crippen LogP contribution in [0, 0.1) is 18.6 Å². The molecule has 1 aromatic rings. The van der Waals surface area contributed by atoms with Crippen LogP contribution >= 0.6 is 0 Å². The van der Waals surface area contributed by atoms with Gasteiger partial charge in [-0.15, -0.1) is 0 Å². The van der Waals surface area contributed by atoms with Gasteiger partial charge in [0.25, 0.3) is 5.91 Å². The summed E-state index contributed by atoms with van der Waals surface area (Å²) in [7, 11) is 0. The van der Waals surface area contributed by atoms with Crippen molar-refractivity contribution in [3.05, 3.63) is 34.9 Å². The molecule has 0 spiro atoms. The van der Waals surface area contributed by atoms with Crippen molar-refractivity contribution in [2.75, 3.05) is 6.61 Å². The predicted molar refractivity (Wildman–Crippen MR) is 59.7 cm³/mol. The molecule has 0 bridgehead atoms. The number of halogens is 2. The Bertz CT molecular complexity index is 417. The van der Waals surface area contributed by atoms with Crippen molar-refractivity contribution in [3.63, 3.8) is 0 Å². The highest BCUT2D eigenvalue weighted by molar-refractivity contribution is 5.94. The number of benzene rings is 1. The average Bonchev–Trinajstić information content (AvgIpc) is 2.30. The van der Waals surface area contributed by atoms with Gasteiger partial charge in [0.05, 0.1) is 18.2 Å². The number of aliphatic hydroxyl groups is 1. The van der Waals surface area contributed by atoms with E-state index in [2.05, 4.69) is 5.32 Å². The Hall–Kier alpha value is -1.49. The SMILES string of the molecule is CC[C@H](CO)NC(=O)c1cc(C)c(F)cc1F. The summed E-state index contributed by atoms with van der Waals surface area (Å²) in [6.07, 6.45) is 0.532. The molecule has 0 saturated heterocycles. The first-order valence-corrected chi connectivity index (χ1v) is 5.37. The molecule has 0 fully saturated rings. The highest BCUT2D eigenvalue weighted by atomic mass is 19.1. The molecule has 0 aromatic heterocycles. The Kier molecular flexibility index (Phi) is 4.57. The van der Waals surface area contributed by atoms with Gasteiger partial charge in [0.2, 0.25) is 0 Å². The van der Waals surface area contributed by atoms with E-state index < -0.39 is 23.6 Å². The Morgan fingerprint density at radius 2 is 2.06 bits per heavy atom. The number of aryl methyl sites for hydroxylation is 1. The van der Waals surface area contributed by atoms with E-state index in [9.17, 15) is 13.6 Å². The molecule has 17 heavy (non-hydrogen) atoms. The van der Waals surface area contributed by atoms with Crippen LogP contribution in [0.4, 0.5) is 8.78 Å². The third-order valence-electron chi connectivity index (χ3n) is 2.54. The Labute approximate surface area is 98.5 Å². The zero-order valence-electron chi connectivity index (χ0n) is 9.76. The topological polar surface area (TPSA) is 49.3 Å². The van der Waals surface area contributed by atoms with Gasteiger partial charge in [-0.25, -0.2) is 8.78 Å². The van der Waals surface area contributed by atoms with Gasteiger partial charge in [-0.1, -0.05) is 6.92 Å². The van der Waals surface area contributed by atoms with E-state index >= 15 is 0 Å². The van der Waals surface area contributed by atoms with Gasteiger partial charge in [-0.05, 0) is 25.0 Å². The normalized spacial score (nSPS) is 12.3. The number of nitrogens with one attached hydrogen (secondary N) is 1. The second kappa shape index (κ2) is 5.72. The smallest absolute Gasteiger partial charge is 0.254 e. The first-order chi connectivity index (χ1) is 7.99. The molecular formula is C12H15F2NO2. The maximum absolute atomic E-state index is 13.4. The summed E-state index contributed by atoms with van der Waals surface area (Å²) in [5.41, 5.74) is -0.00982. The second-order valence-electron chi connectivity index (χ2n) is 3.84. The minimum Gasteiger partial charge on any atom is -0.394 e. The third kappa shape index (κ3) is 3.23. The van der Waals surface area contributed by atoms with Crippen molar-refractivity contribution in [1.82, 2.24) is 5.32 Å². The molecule has 0 heterocycles. The summed E-state index contributed by atoms with van der Waals surface area (Å²) < 4.78 is 26.4. The van der Waals surface area contributed by atoms with Gasteiger partial charge in [-0.3, -0.25) is 4.79 Å². The zero-order chi connectivity index (χ0) is 13.0. The molecule has 94 valence electrons.